The molecule has 200 valence electrons. The fourth-order valence-corrected chi connectivity index (χ4v) is 5.21. The molecule has 0 saturated heterocycles. The minimum Gasteiger partial charge on any atom is -0.395 e. The van der Waals surface area contributed by atoms with Gasteiger partial charge in [0.25, 0.3) is 11.8 Å². The predicted molar refractivity (Wildman–Crippen MR) is 153 cm³/mol. The minimum absolute atomic E-state index is 0.0512. The number of nitrogens with zero attached hydrogens (tertiary/aromatic N) is 2. The zero-order valence-electron chi connectivity index (χ0n) is 21.1. The number of rotatable bonds is 8. The summed E-state index contributed by atoms with van der Waals surface area (Å²) in [5.74, 6) is -2.54. The van der Waals surface area contributed by atoms with Crippen molar-refractivity contribution in [1.29, 1.82) is 0 Å². The number of carbonyl (C=O) groups is 3. The van der Waals surface area contributed by atoms with Crippen molar-refractivity contribution in [1.82, 2.24) is 9.69 Å². The molecular weight excluding hydrogens is 529 g/mol. The van der Waals surface area contributed by atoms with Gasteiger partial charge in [-0.1, -0.05) is 78.9 Å². The van der Waals surface area contributed by atoms with Gasteiger partial charge in [0.15, 0.2) is 5.69 Å². The van der Waals surface area contributed by atoms with E-state index in [-0.39, 0.29) is 22.8 Å². The van der Waals surface area contributed by atoms with Crippen LogP contribution < -0.4 is 21.7 Å². The SMILES string of the molecule is NC(=O)c1nsc(C(=O)N(c2cccc3ccccc23)[C@H](C(=O)NCc2ccccc2)c2ccc(F)cc2)c1N. The van der Waals surface area contributed by atoms with Gasteiger partial charge >= 0.3 is 0 Å². The third-order valence-corrected chi connectivity index (χ3v) is 7.25. The molecule has 4 aromatic carbocycles. The number of nitrogens with two attached hydrogens (primary N) is 2. The van der Waals surface area contributed by atoms with Crippen LogP contribution >= 0.6 is 11.5 Å². The highest BCUT2D eigenvalue weighted by atomic mass is 32.1. The fraction of sp³-hybridized carbons (Fsp3) is 0.0667. The number of amides is 3. The average Bonchev–Trinajstić information content (AvgIpc) is 3.37. The van der Waals surface area contributed by atoms with E-state index in [2.05, 4.69) is 9.69 Å². The van der Waals surface area contributed by atoms with E-state index in [0.717, 1.165) is 22.5 Å². The number of primary amides is 1. The number of benzene rings is 4. The Kier molecular flexibility index (Phi) is 7.52. The van der Waals surface area contributed by atoms with Crippen LogP contribution in [0.25, 0.3) is 10.8 Å². The quantitative estimate of drug-likeness (QED) is 0.254. The molecule has 8 nitrogen and oxygen atoms in total. The van der Waals surface area contributed by atoms with E-state index in [9.17, 15) is 18.8 Å². The highest BCUT2D eigenvalue weighted by Gasteiger charge is 2.36. The van der Waals surface area contributed by atoms with Crippen LogP contribution in [0.15, 0.2) is 97.1 Å². The summed E-state index contributed by atoms with van der Waals surface area (Å²) in [6, 6.07) is 26.2. The molecule has 5 aromatic rings. The fourth-order valence-electron chi connectivity index (χ4n) is 4.47. The maximum absolute atomic E-state index is 14.3. The van der Waals surface area contributed by atoms with Crippen molar-refractivity contribution in [2.24, 2.45) is 5.73 Å². The summed E-state index contributed by atoms with van der Waals surface area (Å²) in [6.07, 6.45) is 0. The molecule has 3 amide bonds. The van der Waals surface area contributed by atoms with Crippen molar-refractivity contribution < 1.29 is 18.8 Å². The Morgan fingerprint density at radius 2 is 1.57 bits per heavy atom. The lowest BCUT2D eigenvalue weighted by atomic mass is 10.00. The lowest BCUT2D eigenvalue weighted by Crippen LogP contribution is -2.44. The minimum atomic E-state index is -1.24. The molecule has 0 aliphatic heterocycles. The van der Waals surface area contributed by atoms with E-state index < -0.39 is 29.6 Å². The smallest absolute Gasteiger partial charge is 0.273 e. The van der Waals surface area contributed by atoms with Gasteiger partial charge in [-0.3, -0.25) is 19.3 Å². The Morgan fingerprint density at radius 1 is 0.900 bits per heavy atom. The summed E-state index contributed by atoms with van der Waals surface area (Å²) in [7, 11) is 0. The lowest BCUT2D eigenvalue weighted by Gasteiger charge is -2.32. The summed E-state index contributed by atoms with van der Waals surface area (Å²) in [6.45, 7) is 0.198. The van der Waals surface area contributed by atoms with Crippen LogP contribution in [0.1, 0.15) is 37.3 Å². The van der Waals surface area contributed by atoms with Crippen LogP contribution in [0.4, 0.5) is 15.8 Å². The molecule has 0 aliphatic carbocycles. The molecule has 5 rings (SSSR count). The van der Waals surface area contributed by atoms with E-state index in [1.165, 1.54) is 29.2 Å². The summed E-state index contributed by atoms with van der Waals surface area (Å²) in [5, 5.41) is 4.43. The zero-order valence-corrected chi connectivity index (χ0v) is 21.9. The molecule has 0 spiro atoms. The Balaban J connectivity index is 1.69. The predicted octanol–water partition coefficient (Wildman–Crippen LogP) is 4.82. The summed E-state index contributed by atoms with van der Waals surface area (Å²) in [5.41, 5.74) is 12.8. The highest BCUT2D eigenvalue weighted by molar-refractivity contribution is 7.09. The number of nitrogens with one attached hydrogen (secondary N) is 1. The van der Waals surface area contributed by atoms with Gasteiger partial charge < -0.3 is 16.8 Å². The Morgan fingerprint density at radius 3 is 2.27 bits per heavy atom. The molecular formula is C30H24FN5O3S. The van der Waals surface area contributed by atoms with Crippen molar-refractivity contribution in [3.8, 4) is 0 Å². The van der Waals surface area contributed by atoms with Gasteiger partial charge in [0, 0.05) is 11.9 Å². The first-order chi connectivity index (χ1) is 19.3. The number of hydrogen-bond donors (Lipinski definition) is 3. The van der Waals surface area contributed by atoms with Gasteiger partial charge in [0.05, 0.1) is 11.4 Å². The number of halogens is 1. The largest absolute Gasteiger partial charge is 0.395 e. The molecule has 0 saturated carbocycles. The molecule has 40 heavy (non-hydrogen) atoms. The van der Waals surface area contributed by atoms with Gasteiger partial charge in [-0.2, -0.15) is 4.37 Å². The maximum atomic E-state index is 14.3. The number of anilines is 2. The van der Waals surface area contributed by atoms with Crippen molar-refractivity contribution in [3.63, 3.8) is 0 Å². The second-order valence-electron chi connectivity index (χ2n) is 8.97. The van der Waals surface area contributed by atoms with Crippen LogP contribution in [-0.4, -0.2) is 22.1 Å². The lowest BCUT2D eigenvalue weighted by molar-refractivity contribution is -0.122. The standard InChI is InChI=1S/C30H24FN5O3S/c31-21-15-13-20(14-16-21)26(29(38)34-17-18-7-2-1-3-8-18)36(23-12-6-10-19-9-4-5-11-22(19)23)30(39)27-24(32)25(28(33)37)35-40-27/h1-16,26H,17,32H2,(H2,33,37)(H,34,38)/t26-/m0/s1. The van der Waals surface area contributed by atoms with Crippen molar-refractivity contribution >= 4 is 51.4 Å². The Bertz CT molecular complexity index is 1700. The number of nitrogen functional groups attached to an aromatic ring is 1. The van der Waals surface area contributed by atoms with E-state index >= 15 is 0 Å². The Hall–Kier alpha value is -5.09. The zero-order chi connectivity index (χ0) is 28.2. The van der Waals surface area contributed by atoms with Gasteiger partial charge in [-0.15, -0.1) is 0 Å². The third-order valence-electron chi connectivity index (χ3n) is 6.40. The normalized spacial score (nSPS) is 11.6. The molecule has 10 heteroatoms. The second-order valence-corrected chi connectivity index (χ2v) is 9.74. The van der Waals surface area contributed by atoms with Crippen molar-refractivity contribution in [3.05, 3.63) is 125 Å². The van der Waals surface area contributed by atoms with Gasteiger partial charge in [0.1, 0.15) is 16.7 Å². The van der Waals surface area contributed by atoms with E-state index in [4.69, 9.17) is 11.5 Å². The maximum Gasteiger partial charge on any atom is 0.273 e. The van der Waals surface area contributed by atoms with E-state index in [1.54, 1.807) is 12.1 Å². The van der Waals surface area contributed by atoms with Crippen LogP contribution in [0.2, 0.25) is 0 Å². The molecule has 0 bridgehead atoms. The Labute approximate surface area is 233 Å². The first-order valence-electron chi connectivity index (χ1n) is 12.3. The summed E-state index contributed by atoms with van der Waals surface area (Å²) >= 11 is 0.719. The molecule has 0 unspecified atom stereocenters. The molecule has 5 N–H and O–H groups in total. The van der Waals surface area contributed by atoms with Crippen molar-refractivity contribution in [2.75, 3.05) is 10.6 Å². The molecule has 0 aliphatic rings. The highest BCUT2D eigenvalue weighted by Crippen LogP contribution is 2.37. The first kappa shape index (κ1) is 26.5. The topological polar surface area (TPSA) is 131 Å². The van der Waals surface area contributed by atoms with E-state index in [1.807, 2.05) is 60.7 Å². The third kappa shape index (κ3) is 5.25. The summed E-state index contributed by atoms with van der Waals surface area (Å²) in [4.78, 5) is 41.4. The molecule has 1 heterocycles. The molecule has 0 fully saturated rings. The number of aromatic nitrogens is 1. The van der Waals surface area contributed by atoms with Gasteiger partial charge in [-0.25, -0.2) is 4.39 Å². The van der Waals surface area contributed by atoms with Gasteiger partial charge in [0.2, 0.25) is 5.91 Å². The molecule has 1 atom stereocenters. The average molecular weight is 554 g/mol. The monoisotopic (exact) mass is 553 g/mol. The number of fused-ring (bicyclic) bond motifs is 1. The van der Waals surface area contributed by atoms with E-state index in [0.29, 0.717) is 16.6 Å². The van der Waals surface area contributed by atoms with Gasteiger partial charge in [-0.05, 0) is 46.2 Å². The number of hydrogen-bond acceptors (Lipinski definition) is 6. The van der Waals surface area contributed by atoms with Crippen LogP contribution in [0, 0.1) is 5.82 Å². The van der Waals surface area contributed by atoms with Crippen LogP contribution in [0.3, 0.4) is 0 Å². The first-order valence-corrected chi connectivity index (χ1v) is 13.1. The van der Waals surface area contributed by atoms with Crippen molar-refractivity contribution in [2.45, 2.75) is 12.6 Å². The van der Waals surface area contributed by atoms with Crippen LogP contribution in [0.5, 0.6) is 0 Å². The molecule has 0 radical (unpaired) electrons. The summed E-state index contributed by atoms with van der Waals surface area (Å²) < 4.78 is 17.9. The number of carbonyl (C=O) groups excluding carboxylic acids is 3. The second kappa shape index (κ2) is 11.3. The van der Waals surface area contributed by atoms with Crippen LogP contribution in [-0.2, 0) is 11.3 Å². The molecule has 1 aromatic heterocycles.